The third-order valence-electron chi connectivity index (χ3n) is 11.8. The molecule has 1 aliphatic carbocycles. The fourth-order valence-electron chi connectivity index (χ4n) is 8.09. The molecule has 6 N–H and O–H groups in total. The second kappa shape index (κ2) is 38.1. The first kappa shape index (κ1) is 56.6. The van der Waals surface area contributed by atoms with Gasteiger partial charge in [0.15, 0.2) is 6.10 Å². The Kier molecular flexibility index (Phi) is 36.0. The second-order valence-electron chi connectivity index (χ2n) is 17.3. The highest BCUT2D eigenvalue weighted by atomic mass is 31.2. The quantitative estimate of drug-likeness (QED) is 0.0169. The topological polar surface area (TPSA) is 195 Å². The maximum absolute atomic E-state index is 12.7. The van der Waals surface area contributed by atoms with E-state index in [2.05, 4.69) is 13.8 Å². The Bertz CT molecular complexity index is 1110. The van der Waals surface area contributed by atoms with E-state index in [0.29, 0.717) is 25.7 Å². The van der Waals surface area contributed by atoms with E-state index >= 15 is 0 Å². The van der Waals surface area contributed by atoms with Crippen LogP contribution in [0.3, 0.4) is 0 Å². The van der Waals surface area contributed by atoms with E-state index in [4.69, 9.17) is 24.3 Å². The largest absolute Gasteiger partial charge is 0.472 e. The van der Waals surface area contributed by atoms with Crippen LogP contribution in [-0.4, -0.2) is 82.9 Å². The number of aliphatic hydroxyl groups is 3. The molecule has 1 saturated carbocycles. The number of aliphatic hydroxyl groups excluding tert-OH is 3. The van der Waals surface area contributed by atoms with Crippen molar-refractivity contribution >= 4 is 19.8 Å². The number of esters is 2. The lowest BCUT2D eigenvalue weighted by molar-refractivity contribution is -0.161. The molecule has 1 unspecified atom stereocenters. The second-order valence-corrected chi connectivity index (χ2v) is 18.8. The number of nitrogens with two attached hydrogens (primary N) is 1. The highest BCUT2D eigenvalue weighted by Gasteiger charge is 2.39. The minimum atomic E-state index is -4.44. The average Bonchev–Trinajstić information content (AvgIpc) is 3.49. The Morgan fingerprint density at radius 2 is 1.15 bits per heavy atom. The van der Waals surface area contributed by atoms with Crippen LogP contribution in [0.2, 0.25) is 0 Å². The van der Waals surface area contributed by atoms with Gasteiger partial charge in [-0.05, 0) is 31.6 Å². The predicted octanol–water partition coefficient (Wildman–Crippen LogP) is 10.6. The van der Waals surface area contributed by atoms with Crippen LogP contribution in [0.1, 0.15) is 213 Å². The maximum atomic E-state index is 12.7. The average molecular weight is 876 g/mol. The summed E-state index contributed by atoms with van der Waals surface area (Å²) in [5.41, 5.74) is 5.36. The van der Waals surface area contributed by atoms with Crippen molar-refractivity contribution in [3.05, 3.63) is 12.2 Å². The Hall–Kier alpha value is -1.37. The molecule has 0 saturated heterocycles. The SMILES string of the molecule is CCCCCCCCCCCCCCCCCCCCCC(=O)OC[C@H](COP(=O)(O)OCCN)OC(=O)CCCCCC[C@@H]1[C@@H](/C=C/[C@@H](O)CCCCC)[C@H](O)C[C@@H]1O. The van der Waals surface area contributed by atoms with Crippen molar-refractivity contribution in [2.75, 3.05) is 26.4 Å². The lowest BCUT2D eigenvalue weighted by Gasteiger charge is -2.21. The summed E-state index contributed by atoms with van der Waals surface area (Å²) in [6.45, 7) is 3.43. The van der Waals surface area contributed by atoms with Crippen LogP contribution < -0.4 is 5.73 Å². The smallest absolute Gasteiger partial charge is 0.462 e. The number of unbranched alkanes of at least 4 members (excludes halogenated alkanes) is 23. The van der Waals surface area contributed by atoms with Crippen molar-refractivity contribution in [3.63, 3.8) is 0 Å². The van der Waals surface area contributed by atoms with Crippen LogP contribution in [0.15, 0.2) is 12.2 Å². The first-order chi connectivity index (χ1) is 29.0. The molecule has 0 aromatic heterocycles. The Labute approximate surface area is 365 Å². The summed E-state index contributed by atoms with van der Waals surface area (Å²) >= 11 is 0. The molecule has 0 heterocycles. The molecule has 1 rings (SSSR count). The molecule has 0 aromatic rings. The molecule has 12 nitrogen and oxygen atoms in total. The summed E-state index contributed by atoms with van der Waals surface area (Å²) in [5, 5.41) is 31.4. The predicted molar refractivity (Wildman–Crippen MR) is 240 cm³/mol. The number of rotatable bonds is 42. The molecule has 354 valence electrons. The van der Waals surface area contributed by atoms with Crippen molar-refractivity contribution in [2.24, 2.45) is 17.6 Å². The van der Waals surface area contributed by atoms with Crippen LogP contribution in [0.4, 0.5) is 0 Å². The van der Waals surface area contributed by atoms with Crippen LogP contribution in [0, 0.1) is 11.8 Å². The summed E-state index contributed by atoms with van der Waals surface area (Å²) in [7, 11) is -4.44. The molecule has 7 atom stereocenters. The molecule has 1 aliphatic rings. The molecular weight excluding hydrogens is 785 g/mol. The fraction of sp³-hybridized carbons (Fsp3) is 0.915. The molecule has 0 spiro atoms. The lowest BCUT2D eigenvalue weighted by atomic mass is 9.88. The molecule has 13 heteroatoms. The number of phosphoric acid groups is 1. The van der Waals surface area contributed by atoms with Gasteiger partial charge in [-0.25, -0.2) is 4.57 Å². The first-order valence-corrected chi connectivity index (χ1v) is 25.9. The van der Waals surface area contributed by atoms with Gasteiger partial charge in [0.25, 0.3) is 0 Å². The van der Waals surface area contributed by atoms with Gasteiger partial charge in [-0.2, -0.15) is 0 Å². The van der Waals surface area contributed by atoms with Gasteiger partial charge in [0.2, 0.25) is 0 Å². The van der Waals surface area contributed by atoms with Crippen LogP contribution in [0.25, 0.3) is 0 Å². The molecule has 60 heavy (non-hydrogen) atoms. The number of carbonyl (C=O) groups excluding carboxylic acids is 2. The van der Waals surface area contributed by atoms with Crippen LogP contribution >= 0.6 is 7.82 Å². The number of hydrogen-bond donors (Lipinski definition) is 5. The molecule has 0 aromatic carbocycles. The molecule has 0 amide bonds. The van der Waals surface area contributed by atoms with Crippen molar-refractivity contribution in [1.29, 1.82) is 0 Å². The molecule has 1 fully saturated rings. The monoisotopic (exact) mass is 876 g/mol. The highest BCUT2D eigenvalue weighted by Crippen LogP contribution is 2.43. The standard InChI is InChI=1S/C47H90NO11P/c1-3-5-7-8-9-10-11-12-13-14-15-16-17-18-19-20-21-22-27-31-46(52)56-38-41(39-58-60(54,55)57-36-35-48)59-47(53)32-28-24-23-26-30-42-43(45(51)37-44(42)50)34-33-40(49)29-25-6-4-2/h33-34,40-45,49-51H,3-32,35-39,48H2,1-2H3,(H,54,55)/b34-33+/t40-,41+,42+,43+,44-,45+/m0/s1. The number of ether oxygens (including phenoxy) is 2. The van der Waals surface area contributed by atoms with Crippen molar-refractivity contribution in [1.82, 2.24) is 0 Å². The van der Waals surface area contributed by atoms with Crippen molar-refractivity contribution in [3.8, 4) is 0 Å². The normalized spacial score (nSPS) is 20.1. The zero-order chi connectivity index (χ0) is 44.1. The van der Waals surface area contributed by atoms with E-state index in [1.165, 1.54) is 96.3 Å². The Morgan fingerprint density at radius 3 is 1.68 bits per heavy atom. The van der Waals surface area contributed by atoms with Gasteiger partial charge in [-0.3, -0.25) is 18.6 Å². The van der Waals surface area contributed by atoms with Gasteiger partial charge in [0.05, 0.1) is 31.5 Å². The number of hydrogen-bond acceptors (Lipinski definition) is 11. The molecular formula is C47H90NO11P. The molecule has 0 radical (unpaired) electrons. The van der Waals surface area contributed by atoms with E-state index in [1.54, 1.807) is 6.08 Å². The highest BCUT2D eigenvalue weighted by molar-refractivity contribution is 7.47. The van der Waals surface area contributed by atoms with Crippen molar-refractivity contribution < 1.29 is 52.9 Å². The summed E-state index contributed by atoms with van der Waals surface area (Å²) in [4.78, 5) is 35.2. The maximum Gasteiger partial charge on any atom is 0.472 e. The zero-order valence-electron chi connectivity index (χ0n) is 38.0. The lowest BCUT2D eigenvalue weighted by Crippen LogP contribution is -2.29. The first-order valence-electron chi connectivity index (χ1n) is 24.4. The minimum Gasteiger partial charge on any atom is -0.462 e. The van der Waals surface area contributed by atoms with E-state index in [9.17, 15) is 34.4 Å². The van der Waals surface area contributed by atoms with Crippen molar-refractivity contribution in [2.45, 2.75) is 237 Å². The summed E-state index contributed by atoms with van der Waals surface area (Å²) in [6, 6.07) is 0. The third kappa shape index (κ3) is 31.5. The van der Waals surface area contributed by atoms with Gasteiger partial charge < -0.3 is 35.4 Å². The summed E-state index contributed by atoms with van der Waals surface area (Å²) in [5.74, 6) is -1.25. The Balaban J connectivity index is 2.29. The van der Waals surface area contributed by atoms with Gasteiger partial charge in [-0.1, -0.05) is 180 Å². The molecule has 0 aliphatic heterocycles. The van der Waals surface area contributed by atoms with Gasteiger partial charge >= 0.3 is 19.8 Å². The number of carbonyl (C=O) groups is 2. The van der Waals surface area contributed by atoms with Gasteiger partial charge in [0, 0.05) is 31.7 Å². The summed E-state index contributed by atoms with van der Waals surface area (Å²) in [6.07, 6.45) is 33.0. The zero-order valence-corrected chi connectivity index (χ0v) is 38.9. The third-order valence-corrected chi connectivity index (χ3v) is 12.7. The van der Waals surface area contributed by atoms with E-state index in [-0.39, 0.29) is 44.4 Å². The van der Waals surface area contributed by atoms with E-state index < -0.39 is 50.8 Å². The van der Waals surface area contributed by atoms with E-state index in [1.807, 2.05) is 6.08 Å². The minimum absolute atomic E-state index is 0.0214. The van der Waals surface area contributed by atoms with Crippen LogP contribution in [0.5, 0.6) is 0 Å². The fourth-order valence-corrected chi connectivity index (χ4v) is 8.85. The van der Waals surface area contributed by atoms with Crippen LogP contribution in [-0.2, 0) is 32.7 Å². The summed E-state index contributed by atoms with van der Waals surface area (Å²) < 4.78 is 32.9. The van der Waals surface area contributed by atoms with Gasteiger partial charge in [-0.15, -0.1) is 0 Å². The Morgan fingerprint density at radius 1 is 0.667 bits per heavy atom. The van der Waals surface area contributed by atoms with E-state index in [0.717, 1.165) is 64.2 Å². The number of phosphoric ester groups is 1. The van der Waals surface area contributed by atoms with Gasteiger partial charge in [0.1, 0.15) is 6.61 Å². The molecule has 0 bridgehead atoms.